The van der Waals surface area contributed by atoms with Gasteiger partial charge in [-0.05, 0) is 43.9 Å². The SMILES string of the molecule is Cc1cccc(OCC(=O)OCC(=O)N[C@](C)(C#N)C(C)C)c1C. The van der Waals surface area contributed by atoms with Crippen molar-refractivity contribution in [1.29, 1.82) is 5.26 Å². The van der Waals surface area contributed by atoms with Crippen LogP contribution in [0.15, 0.2) is 18.2 Å². The van der Waals surface area contributed by atoms with E-state index in [4.69, 9.17) is 14.7 Å². The normalized spacial score (nSPS) is 12.9. The van der Waals surface area contributed by atoms with Crippen LogP contribution in [0.1, 0.15) is 31.9 Å². The Morgan fingerprint density at radius 3 is 2.54 bits per heavy atom. The number of nitriles is 1. The number of esters is 1. The summed E-state index contributed by atoms with van der Waals surface area (Å²) in [5, 5.41) is 11.7. The topological polar surface area (TPSA) is 88.4 Å². The molecule has 0 saturated heterocycles. The average molecular weight is 332 g/mol. The summed E-state index contributed by atoms with van der Waals surface area (Å²) in [6, 6.07) is 7.61. The molecule has 1 amide bonds. The molecule has 6 nitrogen and oxygen atoms in total. The van der Waals surface area contributed by atoms with Crippen molar-refractivity contribution in [2.45, 2.75) is 40.2 Å². The lowest BCUT2D eigenvalue weighted by molar-refractivity contribution is -0.150. The van der Waals surface area contributed by atoms with E-state index in [1.165, 1.54) is 0 Å². The molecule has 1 rings (SSSR count). The lowest BCUT2D eigenvalue weighted by atomic mass is 9.90. The summed E-state index contributed by atoms with van der Waals surface area (Å²) in [5.74, 6) is -0.634. The summed E-state index contributed by atoms with van der Waals surface area (Å²) in [6.45, 7) is 8.40. The maximum atomic E-state index is 11.8. The van der Waals surface area contributed by atoms with Gasteiger partial charge in [-0.15, -0.1) is 0 Å². The summed E-state index contributed by atoms with van der Waals surface area (Å²) < 4.78 is 10.3. The third-order valence-corrected chi connectivity index (χ3v) is 4.05. The van der Waals surface area contributed by atoms with Crippen LogP contribution in [0, 0.1) is 31.1 Å². The van der Waals surface area contributed by atoms with Crippen LogP contribution in [-0.2, 0) is 14.3 Å². The number of nitrogens with zero attached hydrogens (tertiary/aromatic N) is 1. The number of carbonyl (C=O) groups excluding carboxylic acids is 2. The van der Waals surface area contributed by atoms with Crippen LogP contribution in [0.5, 0.6) is 5.75 Å². The van der Waals surface area contributed by atoms with Gasteiger partial charge in [-0.2, -0.15) is 5.26 Å². The fraction of sp³-hybridized carbons (Fsp3) is 0.500. The zero-order valence-electron chi connectivity index (χ0n) is 14.8. The van der Waals surface area contributed by atoms with Crippen molar-refractivity contribution in [3.63, 3.8) is 0 Å². The van der Waals surface area contributed by atoms with Crippen molar-refractivity contribution in [2.24, 2.45) is 5.92 Å². The van der Waals surface area contributed by atoms with Crippen molar-refractivity contribution in [3.05, 3.63) is 29.3 Å². The smallest absolute Gasteiger partial charge is 0.344 e. The molecule has 0 spiro atoms. The lowest BCUT2D eigenvalue weighted by Gasteiger charge is -2.27. The minimum absolute atomic E-state index is 0.0743. The minimum atomic E-state index is -1.00. The zero-order chi connectivity index (χ0) is 18.3. The van der Waals surface area contributed by atoms with E-state index in [2.05, 4.69) is 11.4 Å². The van der Waals surface area contributed by atoms with Crippen molar-refractivity contribution in [1.82, 2.24) is 5.32 Å². The van der Waals surface area contributed by atoms with E-state index >= 15 is 0 Å². The van der Waals surface area contributed by atoms with E-state index in [-0.39, 0.29) is 12.5 Å². The van der Waals surface area contributed by atoms with E-state index in [0.717, 1.165) is 11.1 Å². The number of ether oxygens (including phenoxy) is 2. The molecule has 0 aliphatic rings. The molecular weight excluding hydrogens is 308 g/mol. The number of amides is 1. The van der Waals surface area contributed by atoms with Crippen LogP contribution < -0.4 is 10.1 Å². The maximum Gasteiger partial charge on any atom is 0.344 e. The van der Waals surface area contributed by atoms with Crippen molar-refractivity contribution >= 4 is 11.9 Å². The molecule has 1 aromatic rings. The number of hydrogen-bond donors (Lipinski definition) is 1. The second kappa shape index (κ2) is 8.34. The number of carbonyl (C=O) groups is 2. The van der Waals surface area contributed by atoms with Crippen LogP contribution in [0.25, 0.3) is 0 Å². The molecule has 0 fully saturated rings. The van der Waals surface area contributed by atoms with Gasteiger partial charge in [0.2, 0.25) is 0 Å². The van der Waals surface area contributed by atoms with Gasteiger partial charge in [0, 0.05) is 0 Å². The molecule has 130 valence electrons. The molecule has 0 aromatic heterocycles. The highest BCUT2D eigenvalue weighted by Gasteiger charge is 2.30. The predicted molar refractivity (Wildman–Crippen MR) is 89.4 cm³/mol. The van der Waals surface area contributed by atoms with Crippen LogP contribution >= 0.6 is 0 Å². The maximum absolute atomic E-state index is 11.8. The van der Waals surface area contributed by atoms with E-state index < -0.39 is 24.0 Å². The van der Waals surface area contributed by atoms with E-state index in [0.29, 0.717) is 5.75 Å². The molecule has 0 unspecified atom stereocenters. The molecule has 1 atom stereocenters. The highest BCUT2D eigenvalue weighted by atomic mass is 16.6. The van der Waals surface area contributed by atoms with Crippen LogP contribution in [-0.4, -0.2) is 30.6 Å². The molecule has 0 saturated carbocycles. The molecule has 0 bridgehead atoms. The van der Waals surface area contributed by atoms with Crippen LogP contribution in [0.3, 0.4) is 0 Å². The Kier molecular flexibility index (Phi) is 6.78. The Bertz CT molecular complexity index is 649. The zero-order valence-corrected chi connectivity index (χ0v) is 14.8. The first kappa shape index (κ1) is 19.5. The Labute approximate surface area is 142 Å². The van der Waals surface area contributed by atoms with Gasteiger partial charge in [-0.25, -0.2) is 4.79 Å². The quantitative estimate of drug-likeness (QED) is 0.774. The Hall–Kier alpha value is -2.55. The molecule has 24 heavy (non-hydrogen) atoms. The van der Waals surface area contributed by atoms with Gasteiger partial charge in [-0.1, -0.05) is 26.0 Å². The second-order valence-corrected chi connectivity index (χ2v) is 6.16. The van der Waals surface area contributed by atoms with Gasteiger partial charge < -0.3 is 14.8 Å². The van der Waals surface area contributed by atoms with Gasteiger partial charge in [0.25, 0.3) is 5.91 Å². The Morgan fingerprint density at radius 2 is 1.96 bits per heavy atom. The van der Waals surface area contributed by atoms with E-state index in [1.807, 2.05) is 39.8 Å². The Morgan fingerprint density at radius 1 is 1.29 bits per heavy atom. The van der Waals surface area contributed by atoms with Crippen molar-refractivity contribution in [2.75, 3.05) is 13.2 Å². The second-order valence-electron chi connectivity index (χ2n) is 6.16. The summed E-state index contributed by atoms with van der Waals surface area (Å²) in [6.07, 6.45) is 0. The third-order valence-electron chi connectivity index (χ3n) is 4.05. The molecule has 6 heteroatoms. The summed E-state index contributed by atoms with van der Waals surface area (Å²) in [7, 11) is 0. The molecule has 1 N–H and O–H groups in total. The average Bonchev–Trinajstić information content (AvgIpc) is 2.54. The van der Waals surface area contributed by atoms with Gasteiger partial charge in [0.15, 0.2) is 13.2 Å². The first-order chi connectivity index (χ1) is 11.2. The number of aryl methyl sites for hydroxylation is 1. The molecular formula is C18H24N2O4. The number of benzene rings is 1. The third kappa shape index (κ3) is 5.27. The summed E-state index contributed by atoms with van der Waals surface area (Å²) >= 11 is 0. The molecule has 0 aliphatic heterocycles. The molecule has 0 aliphatic carbocycles. The highest BCUT2D eigenvalue weighted by Crippen LogP contribution is 2.20. The summed E-state index contributed by atoms with van der Waals surface area (Å²) in [5.41, 5.74) is 1.01. The molecule has 1 aromatic carbocycles. The van der Waals surface area contributed by atoms with Gasteiger partial charge in [0.05, 0.1) is 6.07 Å². The van der Waals surface area contributed by atoms with Crippen molar-refractivity contribution in [3.8, 4) is 11.8 Å². The predicted octanol–water partition coefficient (Wildman–Crippen LogP) is 2.28. The largest absolute Gasteiger partial charge is 0.482 e. The summed E-state index contributed by atoms with van der Waals surface area (Å²) in [4.78, 5) is 23.5. The fourth-order valence-corrected chi connectivity index (χ4v) is 1.83. The monoisotopic (exact) mass is 332 g/mol. The number of rotatable bonds is 7. The Balaban J connectivity index is 2.45. The lowest BCUT2D eigenvalue weighted by Crippen LogP contribution is -2.50. The van der Waals surface area contributed by atoms with Gasteiger partial charge in [-0.3, -0.25) is 4.79 Å². The van der Waals surface area contributed by atoms with Crippen molar-refractivity contribution < 1.29 is 19.1 Å². The van der Waals surface area contributed by atoms with Gasteiger partial charge in [0.1, 0.15) is 11.3 Å². The van der Waals surface area contributed by atoms with Crippen LogP contribution in [0.2, 0.25) is 0 Å². The first-order valence-corrected chi connectivity index (χ1v) is 7.76. The fourth-order valence-electron chi connectivity index (χ4n) is 1.83. The highest BCUT2D eigenvalue weighted by molar-refractivity contribution is 5.81. The van der Waals surface area contributed by atoms with Gasteiger partial charge >= 0.3 is 5.97 Å². The molecule has 0 heterocycles. The standard InChI is InChI=1S/C18H24N2O4/c1-12(2)18(5,11-19)20-16(21)9-24-17(22)10-23-15-8-6-7-13(3)14(15)4/h6-8,12H,9-10H2,1-5H3,(H,20,21)/t18-/m1/s1. The first-order valence-electron chi connectivity index (χ1n) is 7.76. The molecule has 0 radical (unpaired) electrons. The van der Waals surface area contributed by atoms with E-state index in [9.17, 15) is 9.59 Å². The van der Waals surface area contributed by atoms with E-state index in [1.54, 1.807) is 13.0 Å². The minimum Gasteiger partial charge on any atom is -0.482 e. The number of nitrogens with one attached hydrogen (secondary N) is 1. The van der Waals surface area contributed by atoms with Crippen LogP contribution in [0.4, 0.5) is 0 Å². The number of hydrogen-bond acceptors (Lipinski definition) is 5.